The van der Waals surface area contributed by atoms with Gasteiger partial charge in [0, 0.05) is 29.6 Å². The van der Waals surface area contributed by atoms with Gasteiger partial charge < -0.3 is 22.0 Å². The number of para-hydroxylation sites is 1. The van der Waals surface area contributed by atoms with E-state index in [4.69, 9.17) is 0 Å². The smallest absolute Gasteiger partial charge is 0.179 e. The molecule has 0 aliphatic carbocycles. The van der Waals surface area contributed by atoms with Gasteiger partial charge in [0.05, 0.1) is 5.56 Å². The minimum atomic E-state index is 0. The van der Waals surface area contributed by atoms with Crippen LogP contribution in [0.4, 0.5) is 0 Å². The van der Waals surface area contributed by atoms with E-state index in [1.54, 1.807) is 6.92 Å². The Morgan fingerprint density at radius 2 is 2.00 bits per heavy atom. The van der Waals surface area contributed by atoms with Crippen molar-refractivity contribution in [3.63, 3.8) is 0 Å². The number of rotatable bonds is 4. The van der Waals surface area contributed by atoms with Gasteiger partial charge in [-0.15, -0.1) is 0 Å². The Labute approximate surface area is 134 Å². The summed E-state index contributed by atoms with van der Waals surface area (Å²) in [6.07, 6.45) is 6.93. The number of hydrogen-bond acceptors (Lipinski definition) is 1. The van der Waals surface area contributed by atoms with Crippen molar-refractivity contribution < 1.29 is 26.3 Å². The van der Waals surface area contributed by atoms with Crippen molar-refractivity contribution in [1.82, 2.24) is 4.98 Å². The zero-order valence-corrected chi connectivity index (χ0v) is 13.4. The topological polar surface area (TPSA) is 36.7 Å². The number of Topliss-reactive ketones (excluding diaryl/α,β-unsaturated/α-hetero) is 1. The molecule has 0 bridgehead atoms. The van der Waals surface area contributed by atoms with Crippen LogP contribution >= 0.6 is 0 Å². The third kappa shape index (κ3) is 3.39. The van der Waals surface area contributed by atoms with Crippen molar-refractivity contribution in [1.29, 1.82) is 0 Å². The Hall–Kier alpha value is -1.94. The van der Waals surface area contributed by atoms with Gasteiger partial charge >= 0.3 is 0 Å². The molecule has 0 spiro atoms. The molecule has 0 unspecified atom stereocenters. The van der Waals surface area contributed by atoms with Crippen LogP contribution in [0.25, 0.3) is 10.9 Å². The number of fused-ring (bicyclic) bond motifs is 1. The number of carbonyl (C=O) groups excluding carboxylic acids is 1. The van der Waals surface area contributed by atoms with Crippen LogP contribution in [0.5, 0.6) is 0 Å². The highest BCUT2D eigenvalue weighted by molar-refractivity contribution is 5.93. The lowest BCUT2D eigenvalue weighted by molar-refractivity contribution is -0.696. The maximum atomic E-state index is 11.4. The first-order valence-corrected chi connectivity index (χ1v) is 6.79. The lowest BCUT2D eigenvalue weighted by Crippen LogP contribution is -3.00. The minimum absolute atomic E-state index is 0. The Kier molecular flexibility index (Phi) is 4.91. The molecule has 4 heteroatoms. The molecule has 0 saturated heterocycles. The van der Waals surface area contributed by atoms with E-state index in [-0.39, 0.29) is 22.8 Å². The zero-order valence-electron chi connectivity index (χ0n) is 11.8. The Morgan fingerprint density at radius 3 is 2.81 bits per heavy atom. The zero-order chi connectivity index (χ0) is 13.9. The summed E-state index contributed by atoms with van der Waals surface area (Å²) in [5.74, 6) is 0.103. The first kappa shape index (κ1) is 15.4. The van der Waals surface area contributed by atoms with Crippen molar-refractivity contribution in [2.75, 3.05) is 0 Å². The molecule has 0 amide bonds. The minimum Gasteiger partial charge on any atom is -1.00 e. The second-order valence-electron chi connectivity index (χ2n) is 5.00. The van der Waals surface area contributed by atoms with E-state index in [1.807, 2.05) is 30.6 Å². The summed E-state index contributed by atoms with van der Waals surface area (Å²) in [7, 11) is 0. The molecule has 0 fully saturated rings. The quantitative estimate of drug-likeness (QED) is 0.521. The number of aromatic nitrogens is 2. The van der Waals surface area contributed by atoms with Crippen molar-refractivity contribution in [3.05, 3.63) is 66.1 Å². The van der Waals surface area contributed by atoms with E-state index in [9.17, 15) is 4.79 Å². The van der Waals surface area contributed by atoms with Crippen molar-refractivity contribution in [2.45, 2.75) is 19.9 Å². The lowest BCUT2D eigenvalue weighted by Gasteiger charge is -1.99. The predicted molar refractivity (Wildman–Crippen MR) is 78.6 cm³/mol. The van der Waals surface area contributed by atoms with Gasteiger partial charge in [0.1, 0.15) is 0 Å². The van der Waals surface area contributed by atoms with Crippen LogP contribution in [0.15, 0.2) is 55.0 Å². The summed E-state index contributed by atoms with van der Waals surface area (Å²) in [6, 6.07) is 12.1. The molecule has 0 aliphatic rings. The average Bonchev–Trinajstić information content (AvgIpc) is 2.89. The number of carbonyl (C=O) groups is 1. The summed E-state index contributed by atoms with van der Waals surface area (Å²) < 4.78 is 2.07. The Bertz CT molecular complexity index is 764. The van der Waals surface area contributed by atoms with Gasteiger partial charge in [-0.2, -0.15) is 0 Å². The fourth-order valence-corrected chi connectivity index (χ4v) is 2.46. The number of ketones is 1. The normalized spacial score (nSPS) is 10.3. The van der Waals surface area contributed by atoms with E-state index in [0.29, 0.717) is 0 Å². The van der Waals surface area contributed by atoms with E-state index in [2.05, 4.69) is 33.9 Å². The van der Waals surface area contributed by atoms with Crippen LogP contribution < -0.4 is 21.5 Å². The average molecular weight is 345 g/mol. The number of H-pyrrole nitrogens is 1. The van der Waals surface area contributed by atoms with Crippen molar-refractivity contribution >= 4 is 16.7 Å². The van der Waals surface area contributed by atoms with E-state index in [0.717, 1.165) is 18.5 Å². The molecule has 1 aromatic carbocycles. The molecule has 0 aliphatic heterocycles. The Balaban J connectivity index is 0.00000161. The Morgan fingerprint density at radius 1 is 1.19 bits per heavy atom. The SMILES string of the molecule is CC(=O)c1ccc[n+](CCc2c[nH]c3ccccc23)c1.[Br-]. The monoisotopic (exact) mass is 344 g/mol. The highest BCUT2D eigenvalue weighted by atomic mass is 79.9. The van der Waals surface area contributed by atoms with Gasteiger partial charge in [-0.05, 0) is 24.6 Å². The maximum Gasteiger partial charge on any atom is 0.179 e. The van der Waals surface area contributed by atoms with Gasteiger partial charge in [0.25, 0.3) is 0 Å². The summed E-state index contributed by atoms with van der Waals surface area (Å²) in [4.78, 5) is 14.7. The number of nitrogens with zero attached hydrogens (tertiary/aromatic N) is 1. The fourth-order valence-electron chi connectivity index (χ4n) is 2.46. The first-order chi connectivity index (χ1) is 9.74. The number of nitrogens with one attached hydrogen (secondary N) is 1. The second kappa shape index (κ2) is 6.68. The molecule has 3 aromatic rings. The van der Waals surface area contributed by atoms with Gasteiger partial charge in [0.15, 0.2) is 24.7 Å². The summed E-state index contributed by atoms with van der Waals surface area (Å²) in [6.45, 7) is 2.46. The molecule has 0 atom stereocenters. The number of pyridine rings is 1. The molecule has 21 heavy (non-hydrogen) atoms. The molecule has 2 heterocycles. The highest BCUT2D eigenvalue weighted by Gasteiger charge is 2.08. The highest BCUT2D eigenvalue weighted by Crippen LogP contribution is 2.17. The molecule has 2 aromatic heterocycles. The maximum absolute atomic E-state index is 11.4. The van der Waals surface area contributed by atoms with E-state index < -0.39 is 0 Å². The standard InChI is InChI=1S/C17H17N2O.BrH/c1-13(20)15-5-4-9-19(12-15)10-8-14-11-18-17-7-3-2-6-16(14)17;/h2-7,9,11-12,18H,8,10H2,1H3;1H/q+1;/p-1. The van der Waals surface area contributed by atoms with Crippen LogP contribution in [0, 0.1) is 0 Å². The van der Waals surface area contributed by atoms with Gasteiger partial charge in [-0.3, -0.25) is 4.79 Å². The van der Waals surface area contributed by atoms with Crippen LogP contribution in [0.1, 0.15) is 22.8 Å². The molecular formula is C17H17BrN2O. The molecule has 3 nitrogen and oxygen atoms in total. The largest absolute Gasteiger partial charge is 1.00 e. The fraction of sp³-hybridized carbons (Fsp3) is 0.176. The number of hydrogen-bond donors (Lipinski definition) is 1. The molecule has 108 valence electrons. The summed E-state index contributed by atoms with van der Waals surface area (Å²) in [5.41, 5.74) is 3.23. The molecule has 0 radical (unpaired) electrons. The van der Waals surface area contributed by atoms with E-state index in [1.165, 1.54) is 16.5 Å². The van der Waals surface area contributed by atoms with Gasteiger partial charge in [-0.25, -0.2) is 4.57 Å². The summed E-state index contributed by atoms with van der Waals surface area (Å²) in [5, 5.41) is 1.27. The number of benzene rings is 1. The first-order valence-electron chi connectivity index (χ1n) is 6.79. The third-order valence-electron chi connectivity index (χ3n) is 3.58. The molecule has 1 N–H and O–H groups in total. The number of aromatic amines is 1. The summed E-state index contributed by atoms with van der Waals surface area (Å²) >= 11 is 0. The van der Waals surface area contributed by atoms with Crippen molar-refractivity contribution in [3.8, 4) is 0 Å². The molecular weight excluding hydrogens is 328 g/mol. The van der Waals surface area contributed by atoms with Gasteiger partial charge in [0.2, 0.25) is 0 Å². The van der Waals surface area contributed by atoms with Crippen molar-refractivity contribution in [2.24, 2.45) is 0 Å². The third-order valence-corrected chi connectivity index (χ3v) is 3.58. The van der Waals surface area contributed by atoms with Crippen LogP contribution in [-0.2, 0) is 13.0 Å². The van der Waals surface area contributed by atoms with Crippen LogP contribution in [0.2, 0.25) is 0 Å². The van der Waals surface area contributed by atoms with E-state index >= 15 is 0 Å². The van der Waals surface area contributed by atoms with Crippen LogP contribution in [-0.4, -0.2) is 10.8 Å². The predicted octanol–water partition coefficient (Wildman–Crippen LogP) is -0.0953. The van der Waals surface area contributed by atoms with Crippen LogP contribution in [0.3, 0.4) is 0 Å². The molecule has 3 rings (SSSR count). The number of halogens is 1. The number of aryl methyl sites for hydroxylation is 2. The van der Waals surface area contributed by atoms with Gasteiger partial charge in [-0.1, -0.05) is 18.2 Å². The lowest BCUT2D eigenvalue weighted by atomic mass is 10.1. The molecule has 0 saturated carbocycles. The second-order valence-corrected chi connectivity index (χ2v) is 5.00.